The summed E-state index contributed by atoms with van der Waals surface area (Å²) in [6.45, 7) is 4.91. The number of benzene rings is 1. The first kappa shape index (κ1) is 14.4. The lowest BCUT2D eigenvalue weighted by Crippen LogP contribution is -2.36. The van der Waals surface area contributed by atoms with E-state index in [0.717, 1.165) is 11.0 Å². The fraction of sp³-hybridized carbons (Fsp3) is 0.467. The van der Waals surface area contributed by atoms with Gasteiger partial charge in [0.15, 0.2) is 0 Å². The van der Waals surface area contributed by atoms with Gasteiger partial charge in [0.2, 0.25) is 5.91 Å². The molecule has 1 amide bonds. The first-order valence-electron chi connectivity index (χ1n) is 6.80. The van der Waals surface area contributed by atoms with Crippen LogP contribution in [0.5, 0.6) is 0 Å². The molecule has 0 bridgehead atoms. The van der Waals surface area contributed by atoms with E-state index in [-0.39, 0.29) is 18.1 Å². The number of likely N-dealkylation sites (N-methyl/N-ethyl adjacent to an activating group) is 1. The van der Waals surface area contributed by atoms with Crippen LogP contribution in [0.25, 0.3) is 11.0 Å². The second-order valence-corrected chi connectivity index (χ2v) is 5.58. The Morgan fingerprint density at radius 2 is 1.85 bits per heavy atom. The van der Waals surface area contributed by atoms with E-state index in [1.54, 1.807) is 23.6 Å². The number of hydrogen-bond donors (Lipinski definition) is 0. The Kier molecular flexibility index (Phi) is 3.97. The largest absolute Gasteiger partial charge is 0.344 e. The third-order valence-electron chi connectivity index (χ3n) is 3.41. The van der Waals surface area contributed by atoms with Gasteiger partial charge in [-0.05, 0) is 18.1 Å². The van der Waals surface area contributed by atoms with Gasteiger partial charge in [0, 0.05) is 20.6 Å². The van der Waals surface area contributed by atoms with Gasteiger partial charge in [0.1, 0.15) is 6.54 Å². The van der Waals surface area contributed by atoms with E-state index in [0.29, 0.717) is 12.5 Å². The zero-order chi connectivity index (χ0) is 14.9. The highest BCUT2D eigenvalue weighted by Gasteiger charge is 2.16. The van der Waals surface area contributed by atoms with Crippen molar-refractivity contribution in [2.24, 2.45) is 13.0 Å². The number of carbonyl (C=O) groups excluding carboxylic acids is 1. The SMILES string of the molecule is CC(C)CN(C)C(=O)Cn1c(=O)n(C)c2ccccc21. The molecular weight excluding hydrogens is 254 g/mol. The molecule has 1 aromatic heterocycles. The summed E-state index contributed by atoms with van der Waals surface area (Å²) in [6.07, 6.45) is 0. The molecule has 0 fully saturated rings. The zero-order valence-corrected chi connectivity index (χ0v) is 12.5. The summed E-state index contributed by atoms with van der Waals surface area (Å²) < 4.78 is 3.11. The molecule has 0 spiro atoms. The molecule has 0 saturated carbocycles. The molecule has 0 saturated heterocycles. The molecule has 0 atom stereocenters. The zero-order valence-electron chi connectivity index (χ0n) is 12.5. The second kappa shape index (κ2) is 5.53. The van der Waals surface area contributed by atoms with Crippen LogP contribution < -0.4 is 5.69 Å². The Hall–Kier alpha value is -2.04. The number of carbonyl (C=O) groups is 1. The Bertz CT molecular complexity index is 682. The van der Waals surface area contributed by atoms with Crippen LogP contribution in [0.3, 0.4) is 0 Å². The van der Waals surface area contributed by atoms with Gasteiger partial charge in [-0.1, -0.05) is 26.0 Å². The molecule has 1 aromatic carbocycles. The fourth-order valence-electron chi connectivity index (χ4n) is 2.42. The standard InChI is InChI=1S/C15H21N3O2/c1-11(2)9-16(3)14(19)10-18-13-8-6-5-7-12(13)17(4)15(18)20/h5-8,11H,9-10H2,1-4H3. The molecule has 1 heterocycles. The number of imidazole rings is 1. The van der Waals surface area contributed by atoms with Gasteiger partial charge in [-0.25, -0.2) is 4.79 Å². The third kappa shape index (κ3) is 2.61. The van der Waals surface area contributed by atoms with E-state index in [2.05, 4.69) is 13.8 Å². The van der Waals surface area contributed by atoms with Crippen molar-refractivity contribution in [2.45, 2.75) is 20.4 Å². The van der Waals surface area contributed by atoms with E-state index in [1.165, 1.54) is 4.57 Å². The van der Waals surface area contributed by atoms with Gasteiger partial charge in [-0.2, -0.15) is 0 Å². The number of aromatic nitrogens is 2. The number of rotatable bonds is 4. The molecule has 0 aliphatic rings. The van der Waals surface area contributed by atoms with Crippen LogP contribution in [0.4, 0.5) is 0 Å². The molecule has 0 radical (unpaired) electrons. The number of nitrogens with zero attached hydrogens (tertiary/aromatic N) is 3. The maximum Gasteiger partial charge on any atom is 0.329 e. The molecule has 2 rings (SSSR count). The number of para-hydroxylation sites is 2. The van der Waals surface area contributed by atoms with Crippen molar-refractivity contribution >= 4 is 16.9 Å². The third-order valence-corrected chi connectivity index (χ3v) is 3.41. The van der Waals surface area contributed by atoms with E-state index >= 15 is 0 Å². The van der Waals surface area contributed by atoms with Gasteiger partial charge in [-0.15, -0.1) is 0 Å². The minimum atomic E-state index is -0.155. The highest BCUT2D eigenvalue weighted by molar-refractivity contribution is 5.80. The molecule has 108 valence electrons. The minimum Gasteiger partial charge on any atom is -0.344 e. The van der Waals surface area contributed by atoms with Crippen molar-refractivity contribution < 1.29 is 4.79 Å². The van der Waals surface area contributed by atoms with Crippen LogP contribution in [0.1, 0.15) is 13.8 Å². The summed E-state index contributed by atoms with van der Waals surface area (Å²) in [7, 11) is 3.50. The maximum absolute atomic E-state index is 12.2. The Labute approximate surface area is 118 Å². The molecule has 5 nitrogen and oxygen atoms in total. The summed E-state index contributed by atoms with van der Waals surface area (Å²) in [5, 5.41) is 0. The number of hydrogen-bond acceptors (Lipinski definition) is 2. The van der Waals surface area contributed by atoms with Crippen LogP contribution in [0.2, 0.25) is 0 Å². The number of aryl methyl sites for hydroxylation is 1. The molecule has 0 aliphatic heterocycles. The molecule has 0 N–H and O–H groups in total. The van der Waals surface area contributed by atoms with Crippen LogP contribution >= 0.6 is 0 Å². The minimum absolute atomic E-state index is 0.0443. The van der Waals surface area contributed by atoms with Crippen LogP contribution in [-0.4, -0.2) is 33.5 Å². The summed E-state index contributed by atoms with van der Waals surface area (Å²) in [6, 6.07) is 7.52. The predicted molar refractivity (Wildman–Crippen MR) is 79.7 cm³/mol. The van der Waals surface area contributed by atoms with Crippen molar-refractivity contribution in [3.8, 4) is 0 Å². The smallest absolute Gasteiger partial charge is 0.329 e. The van der Waals surface area contributed by atoms with Crippen molar-refractivity contribution in [1.29, 1.82) is 0 Å². The van der Waals surface area contributed by atoms with Gasteiger partial charge >= 0.3 is 5.69 Å². The van der Waals surface area contributed by atoms with Crippen molar-refractivity contribution in [3.05, 3.63) is 34.7 Å². The first-order valence-corrected chi connectivity index (χ1v) is 6.80. The predicted octanol–water partition coefficient (Wildman–Crippen LogP) is 1.45. The normalized spacial score (nSPS) is 11.2. The quantitative estimate of drug-likeness (QED) is 0.848. The lowest BCUT2D eigenvalue weighted by atomic mass is 10.2. The second-order valence-electron chi connectivity index (χ2n) is 5.58. The van der Waals surface area contributed by atoms with Crippen molar-refractivity contribution in [3.63, 3.8) is 0 Å². The van der Waals surface area contributed by atoms with Gasteiger partial charge in [0.05, 0.1) is 11.0 Å². The average Bonchev–Trinajstić information content (AvgIpc) is 2.64. The maximum atomic E-state index is 12.2. The van der Waals surface area contributed by atoms with E-state index in [4.69, 9.17) is 0 Å². The number of fused-ring (bicyclic) bond motifs is 1. The molecule has 0 aliphatic carbocycles. The summed E-state index contributed by atoms with van der Waals surface area (Å²) in [4.78, 5) is 26.1. The lowest BCUT2D eigenvalue weighted by molar-refractivity contribution is -0.130. The first-order chi connectivity index (χ1) is 9.41. The molecule has 20 heavy (non-hydrogen) atoms. The highest BCUT2D eigenvalue weighted by Crippen LogP contribution is 2.11. The lowest BCUT2D eigenvalue weighted by Gasteiger charge is -2.19. The number of amides is 1. The highest BCUT2D eigenvalue weighted by atomic mass is 16.2. The van der Waals surface area contributed by atoms with E-state index in [9.17, 15) is 9.59 Å². The van der Waals surface area contributed by atoms with Crippen LogP contribution in [0.15, 0.2) is 29.1 Å². The molecule has 2 aromatic rings. The van der Waals surface area contributed by atoms with E-state index < -0.39 is 0 Å². The fourth-order valence-corrected chi connectivity index (χ4v) is 2.42. The summed E-state index contributed by atoms with van der Waals surface area (Å²) >= 11 is 0. The molecule has 5 heteroatoms. The van der Waals surface area contributed by atoms with Crippen molar-refractivity contribution in [2.75, 3.05) is 13.6 Å². The van der Waals surface area contributed by atoms with Gasteiger partial charge in [0.25, 0.3) is 0 Å². The van der Waals surface area contributed by atoms with Gasteiger partial charge in [-0.3, -0.25) is 13.9 Å². The molecular formula is C15H21N3O2. The topological polar surface area (TPSA) is 47.2 Å². The van der Waals surface area contributed by atoms with E-state index in [1.807, 2.05) is 24.3 Å². The Balaban J connectivity index is 2.33. The van der Waals surface area contributed by atoms with Crippen LogP contribution in [-0.2, 0) is 18.4 Å². The van der Waals surface area contributed by atoms with Crippen LogP contribution in [0, 0.1) is 5.92 Å². The monoisotopic (exact) mass is 275 g/mol. The Morgan fingerprint density at radius 1 is 1.25 bits per heavy atom. The summed E-state index contributed by atoms with van der Waals surface area (Å²) in [5.74, 6) is 0.366. The van der Waals surface area contributed by atoms with Gasteiger partial charge < -0.3 is 4.90 Å². The Morgan fingerprint density at radius 3 is 2.45 bits per heavy atom. The summed E-state index contributed by atoms with van der Waals surface area (Å²) in [5.41, 5.74) is 1.49. The average molecular weight is 275 g/mol. The van der Waals surface area contributed by atoms with Crippen molar-refractivity contribution in [1.82, 2.24) is 14.0 Å². The molecule has 0 unspecified atom stereocenters.